The van der Waals surface area contributed by atoms with Gasteiger partial charge in [-0.2, -0.15) is 0 Å². The molecule has 178 valence electrons. The molecule has 0 amide bonds. The molecule has 1 aliphatic heterocycles. The number of hydrogen-bond donors (Lipinski definition) is 0. The quantitative estimate of drug-likeness (QED) is 0.237. The second-order valence-electron chi connectivity index (χ2n) is 9.81. The molecule has 1 aliphatic rings. The van der Waals surface area contributed by atoms with E-state index in [1.165, 1.54) is 55.4 Å². The van der Waals surface area contributed by atoms with Gasteiger partial charge in [-0.05, 0) is 53.2 Å². The van der Waals surface area contributed by atoms with Crippen molar-refractivity contribution >= 4 is 38.7 Å². The normalized spacial score (nSPS) is 12.2. The van der Waals surface area contributed by atoms with E-state index in [9.17, 15) is 0 Å². The maximum Gasteiger partial charge on any atom is 0.0641 e. The van der Waals surface area contributed by atoms with Crippen molar-refractivity contribution in [1.82, 2.24) is 4.57 Å². The van der Waals surface area contributed by atoms with Gasteiger partial charge >= 0.3 is 0 Å². The first-order valence-corrected chi connectivity index (χ1v) is 13.0. The highest BCUT2D eigenvalue weighted by Gasteiger charge is 2.31. The number of hydrogen-bond acceptors (Lipinski definition) is 1. The molecular formula is C36H24N2. The summed E-state index contributed by atoms with van der Waals surface area (Å²) in [6, 6.07) is 52.5. The van der Waals surface area contributed by atoms with Crippen molar-refractivity contribution in [2.24, 2.45) is 0 Å². The summed E-state index contributed by atoms with van der Waals surface area (Å²) in [5.74, 6) is 0. The van der Waals surface area contributed by atoms with Gasteiger partial charge in [0.2, 0.25) is 0 Å². The van der Waals surface area contributed by atoms with Crippen LogP contribution in [0.4, 0.5) is 17.1 Å². The molecule has 0 spiro atoms. The average molecular weight is 485 g/mol. The van der Waals surface area contributed by atoms with E-state index in [4.69, 9.17) is 0 Å². The van der Waals surface area contributed by atoms with Crippen molar-refractivity contribution in [3.05, 3.63) is 146 Å². The van der Waals surface area contributed by atoms with E-state index in [-0.39, 0.29) is 0 Å². The third-order valence-corrected chi connectivity index (χ3v) is 7.69. The molecule has 0 bridgehead atoms. The molecule has 0 fully saturated rings. The molecule has 38 heavy (non-hydrogen) atoms. The van der Waals surface area contributed by atoms with Crippen LogP contribution in [0.1, 0.15) is 0 Å². The summed E-state index contributed by atoms with van der Waals surface area (Å²) in [5, 5.41) is 3.74. The van der Waals surface area contributed by atoms with Crippen LogP contribution in [0, 0.1) is 0 Å². The molecule has 2 heteroatoms. The van der Waals surface area contributed by atoms with E-state index in [1.54, 1.807) is 0 Å². The van der Waals surface area contributed by atoms with Crippen molar-refractivity contribution in [1.29, 1.82) is 0 Å². The molecule has 2 nitrogen and oxygen atoms in total. The number of rotatable bonds is 2. The van der Waals surface area contributed by atoms with Crippen molar-refractivity contribution in [2.75, 3.05) is 4.90 Å². The lowest BCUT2D eigenvalue weighted by atomic mass is 9.98. The lowest BCUT2D eigenvalue weighted by Crippen LogP contribution is -2.11. The SMILES string of the molecule is c1ccc(-n2c3c(c4ccccc42)-c2ccccc2N(c2ccc4ccccc4c2)c2ccccc2-3)cc1. The zero-order valence-corrected chi connectivity index (χ0v) is 20.8. The van der Waals surface area contributed by atoms with Gasteiger partial charge in [-0.1, -0.05) is 103 Å². The summed E-state index contributed by atoms with van der Waals surface area (Å²) in [7, 11) is 0. The molecule has 0 saturated heterocycles. The molecule has 7 aromatic rings. The number of para-hydroxylation sites is 4. The molecule has 0 saturated carbocycles. The highest BCUT2D eigenvalue weighted by Crippen LogP contribution is 2.54. The Bertz CT molecular complexity index is 1980. The first-order valence-electron chi connectivity index (χ1n) is 13.0. The molecule has 0 N–H and O–H groups in total. The molecule has 0 radical (unpaired) electrons. The molecule has 1 aromatic heterocycles. The Hall–Kier alpha value is -5.08. The zero-order valence-electron chi connectivity index (χ0n) is 20.8. The molecule has 2 heterocycles. The molecule has 0 unspecified atom stereocenters. The fraction of sp³-hybridized carbons (Fsp3) is 0. The number of benzene rings is 6. The maximum atomic E-state index is 2.43. The Kier molecular flexibility index (Phi) is 4.55. The molecule has 0 atom stereocenters. The Morgan fingerprint density at radius 2 is 1.05 bits per heavy atom. The minimum absolute atomic E-state index is 1.16. The van der Waals surface area contributed by atoms with E-state index >= 15 is 0 Å². The topological polar surface area (TPSA) is 8.17 Å². The monoisotopic (exact) mass is 484 g/mol. The van der Waals surface area contributed by atoms with Gasteiger partial charge in [-0.3, -0.25) is 0 Å². The smallest absolute Gasteiger partial charge is 0.0641 e. The second-order valence-corrected chi connectivity index (χ2v) is 9.81. The minimum Gasteiger partial charge on any atom is -0.309 e. The Morgan fingerprint density at radius 1 is 0.421 bits per heavy atom. The van der Waals surface area contributed by atoms with Crippen LogP contribution in [-0.4, -0.2) is 4.57 Å². The van der Waals surface area contributed by atoms with Crippen LogP contribution in [0.2, 0.25) is 0 Å². The van der Waals surface area contributed by atoms with Crippen molar-refractivity contribution in [3.8, 4) is 28.1 Å². The van der Waals surface area contributed by atoms with Gasteiger partial charge in [0, 0.05) is 33.5 Å². The molecular weight excluding hydrogens is 460 g/mol. The maximum absolute atomic E-state index is 2.43. The van der Waals surface area contributed by atoms with E-state index in [2.05, 4.69) is 155 Å². The Labute approximate surface area is 221 Å². The standard InChI is InChI=1S/C36H24N2/c1-2-14-27(15-3-1)38-33-20-10-7-17-30(33)35-29-16-6-9-19-32(29)37(34-21-11-8-18-31(34)36(35)38)28-23-22-25-12-4-5-13-26(25)24-28/h1-24H. The van der Waals surface area contributed by atoms with E-state index in [0.29, 0.717) is 0 Å². The third kappa shape index (κ3) is 3.01. The second kappa shape index (κ2) is 8.22. The third-order valence-electron chi connectivity index (χ3n) is 7.69. The molecule has 0 aliphatic carbocycles. The van der Waals surface area contributed by atoms with Crippen molar-refractivity contribution in [2.45, 2.75) is 0 Å². The lowest BCUT2D eigenvalue weighted by Gasteiger charge is -2.27. The number of anilines is 3. The van der Waals surface area contributed by atoms with Gasteiger partial charge in [0.25, 0.3) is 0 Å². The van der Waals surface area contributed by atoms with Crippen LogP contribution in [0.3, 0.4) is 0 Å². The Morgan fingerprint density at radius 3 is 1.89 bits per heavy atom. The summed E-state index contributed by atoms with van der Waals surface area (Å²) >= 11 is 0. The molecule has 8 rings (SSSR count). The largest absolute Gasteiger partial charge is 0.309 e. The van der Waals surface area contributed by atoms with Crippen LogP contribution >= 0.6 is 0 Å². The fourth-order valence-electron chi connectivity index (χ4n) is 6.09. The number of aromatic nitrogens is 1. The Balaban J connectivity index is 1.53. The van der Waals surface area contributed by atoms with Crippen molar-refractivity contribution < 1.29 is 0 Å². The first-order chi connectivity index (χ1) is 18.9. The van der Waals surface area contributed by atoms with Crippen LogP contribution in [0.15, 0.2) is 146 Å². The van der Waals surface area contributed by atoms with Gasteiger partial charge in [0.1, 0.15) is 0 Å². The van der Waals surface area contributed by atoms with Gasteiger partial charge in [-0.15, -0.1) is 0 Å². The summed E-state index contributed by atoms with van der Waals surface area (Å²) in [4.78, 5) is 2.43. The van der Waals surface area contributed by atoms with Crippen LogP contribution in [0.5, 0.6) is 0 Å². The predicted molar refractivity (Wildman–Crippen MR) is 160 cm³/mol. The van der Waals surface area contributed by atoms with Crippen molar-refractivity contribution in [3.63, 3.8) is 0 Å². The van der Waals surface area contributed by atoms with Crippen LogP contribution < -0.4 is 4.90 Å². The van der Waals surface area contributed by atoms with E-state index < -0.39 is 0 Å². The van der Waals surface area contributed by atoms with Crippen LogP contribution in [0.25, 0.3) is 49.7 Å². The zero-order chi connectivity index (χ0) is 25.1. The highest BCUT2D eigenvalue weighted by molar-refractivity contribution is 6.13. The summed E-state index contributed by atoms with van der Waals surface area (Å²) in [6.07, 6.45) is 0. The van der Waals surface area contributed by atoms with Gasteiger partial charge in [0.15, 0.2) is 0 Å². The fourth-order valence-corrected chi connectivity index (χ4v) is 6.09. The van der Waals surface area contributed by atoms with Crippen LogP contribution in [-0.2, 0) is 0 Å². The molecule has 6 aromatic carbocycles. The summed E-state index contributed by atoms with van der Waals surface area (Å²) in [5.41, 5.74) is 10.8. The minimum atomic E-state index is 1.16. The number of nitrogens with zero attached hydrogens (tertiary/aromatic N) is 2. The number of fused-ring (bicyclic) bond motifs is 8. The highest BCUT2D eigenvalue weighted by atomic mass is 15.2. The summed E-state index contributed by atoms with van der Waals surface area (Å²) < 4.78 is 2.43. The predicted octanol–water partition coefficient (Wildman–Crippen LogP) is 9.90. The lowest BCUT2D eigenvalue weighted by molar-refractivity contribution is 1.13. The van der Waals surface area contributed by atoms with Gasteiger partial charge in [-0.25, -0.2) is 0 Å². The van der Waals surface area contributed by atoms with Gasteiger partial charge < -0.3 is 9.47 Å². The summed E-state index contributed by atoms with van der Waals surface area (Å²) in [6.45, 7) is 0. The van der Waals surface area contributed by atoms with Gasteiger partial charge in [0.05, 0.1) is 22.6 Å². The average Bonchev–Trinajstić information content (AvgIpc) is 3.27. The van der Waals surface area contributed by atoms with E-state index in [0.717, 1.165) is 11.4 Å². The first kappa shape index (κ1) is 21.0. The van der Waals surface area contributed by atoms with E-state index in [1.807, 2.05) is 0 Å².